The van der Waals surface area contributed by atoms with Crippen molar-refractivity contribution in [3.05, 3.63) is 23.2 Å². The summed E-state index contributed by atoms with van der Waals surface area (Å²) in [6, 6.07) is 5.39. The molecule has 0 aliphatic carbocycles. The SMILES string of the molecule is CCOc1nnc(CN(CC)CC(=O)Nc2ccc3c(c2)OCCO3)s1. The summed E-state index contributed by atoms with van der Waals surface area (Å²) in [4.78, 5) is 14.4. The number of amides is 1. The van der Waals surface area contributed by atoms with Gasteiger partial charge in [0.15, 0.2) is 11.5 Å². The Hall–Kier alpha value is -2.39. The normalized spacial score (nSPS) is 12.9. The van der Waals surface area contributed by atoms with E-state index in [-0.39, 0.29) is 12.5 Å². The highest BCUT2D eigenvalue weighted by atomic mass is 32.1. The number of rotatable bonds is 8. The summed E-state index contributed by atoms with van der Waals surface area (Å²) in [6.07, 6.45) is 0. The number of hydrogen-bond donors (Lipinski definition) is 1. The molecule has 0 atom stereocenters. The van der Waals surface area contributed by atoms with Gasteiger partial charge in [-0.05, 0) is 25.6 Å². The van der Waals surface area contributed by atoms with Gasteiger partial charge in [-0.3, -0.25) is 9.69 Å². The molecule has 3 rings (SSSR count). The molecule has 1 aliphatic rings. The molecule has 1 amide bonds. The van der Waals surface area contributed by atoms with Crippen LogP contribution in [0.25, 0.3) is 0 Å². The van der Waals surface area contributed by atoms with Gasteiger partial charge < -0.3 is 19.5 Å². The molecule has 0 bridgehead atoms. The van der Waals surface area contributed by atoms with Crippen LogP contribution in [0.1, 0.15) is 18.9 Å². The Morgan fingerprint density at radius 3 is 2.85 bits per heavy atom. The summed E-state index contributed by atoms with van der Waals surface area (Å²) in [5, 5.41) is 12.3. The lowest BCUT2D eigenvalue weighted by Crippen LogP contribution is -2.32. The van der Waals surface area contributed by atoms with Crippen molar-refractivity contribution in [2.45, 2.75) is 20.4 Å². The van der Waals surface area contributed by atoms with Crippen LogP contribution in [0.3, 0.4) is 0 Å². The van der Waals surface area contributed by atoms with Crippen LogP contribution in [0.15, 0.2) is 18.2 Å². The molecule has 1 aromatic heterocycles. The van der Waals surface area contributed by atoms with Crippen LogP contribution < -0.4 is 19.5 Å². The third-order valence-electron chi connectivity index (χ3n) is 3.72. The Kier molecular flexibility index (Phi) is 6.24. The molecule has 0 fully saturated rings. The highest BCUT2D eigenvalue weighted by Crippen LogP contribution is 2.32. The average molecular weight is 378 g/mol. The fourth-order valence-corrected chi connectivity index (χ4v) is 3.27. The maximum atomic E-state index is 12.4. The summed E-state index contributed by atoms with van der Waals surface area (Å²) in [7, 11) is 0. The van der Waals surface area contributed by atoms with E-state index in [1.54, 1.807) is 18.2 Å². The third-order valence-corrected chi connectivity index (χ3v) is 4.54. The molecule has 9 heteroatoms. The first-order chi connectivity index (χ1) is 12.7. The van der Waals surface area contributed by atoms with Gasteiger partial charge in [0.2, 0.25) is 5.91 Å². The topological polar surface area (TPSA) is 85.8 Å². The number of likely N-dealkylation sites (N-methyl/N-ethyl adjacent to an activating group) is 1. The molecule has 2 aromatic rings. The highest BCUT2D eigenvalue weighted by Gasteiger charge is 2.15. The number of benzene rings is 1. The van der Waals surface area contributed by atoms with Gasteiger partial charge >= 0.3 is 0 Å². The minimum atomic E-state index is -0.0990. The van der Waals surface area contributed by atoms with Crippen LogP contribution in [-0.2, 0) is 11.3 Å². The lowest BCUT2D eigenvalue weighted by Gasteiger charge is -2.20. The largest absolute Gasteiger partial charge is 0.486 e. The number of carbonyl (C=O) groups is 1. The smallest absolute Gasteiger partial charge is 0.294 e. The van der Waals surface area contributed by atoms with E-state index in [1.807, 2.05) is 18.7 Å². The van der Waals surface area contributed by atoms with Crippen LogP contribution in [0.5, 0.6) is 16.7 Å². The lowest BCUT2D eigenvalue weighted by molar-refractivity contribution is -0.117. The number of nitrogens with zero attached hydrogens (tertiary/aromatic N) is 3. The fourth-order valence-electron chi connectivity index (χ4n) is 2.48. The van der Waals surface area contributed by atoms with Crippen molar-refractivity contribution in [3.63, 3.8) is 0 Å². The zero-order chi connectivity index (χ0) is 18.4. The number of aromatic nitrogens is 2. The van der Waals surface area contributed by atoms with Crippen molar-refractivity contribution in [2.75, 3.05) is 38.2 Å². The Morgan fingerprint density at radius 2 is 2.08 bits per heavy atom. The van der Waals surface area contributed by atoms with E-state index in [9.17, 15) is 4.79 Å². The second-order valence-corrected chi connectivity index (χ2v) is 6.63. The van der Waals surface area contributed by atoms with Gasteiger partial charge in [0.05, 0.1) is 19.7 Å². The summed E-state index contributed by atoms with van der Waals surface area (Å²) >= 11 is 1.40. The molecule has 1 aromatic carbocycles. The maximum Gasteiger partial charge on any atom is 0.294 e. The number of fused-ring (bicyclic) bond motifs is 1. The van der Waals surface area contributed by atoms with E-state index in [4.69, 9.17) is 14.2 Å². The summed E-state index contributed by atoms with van der Waals surface area (Å²) in [5.41, 5.74) is 0.685. The van der Waals surface area contributed by atoms with Crippen molar-refractivity contribution >= 4 is 22.9 Å². The molecule has 140 valence electrons. The van der Waals surface area contributed by atoms with Gasteiger partial charge in [-0.1, -0.05) is 18.3 Å². The Labute approximate surface area is 156 Å². The Bertz CT molecular complexity index is 752. The van der Waals surface area contributed by atoms with Crippen molar-refractivity contribution in [3.8, 4) is 16.7 Å². The maximum absolute atomic E-state index is 12.4. The van der Waals surface area contributed by atoms with Crippen molar-refractivity contribution in [1.29, 1.82) is 0 Å². The van der Waals surface area contributed by atoms with Crippen LogP contribution >= 0.6 is 11.3 Å². The number of carbonyl (C=O) groups excluding carboxylic acids is 1. The van der Waals surface area contributed by atoms with Gasteiger partial charge in [-0.15, -0.1) is 10.2 Å². The van der Waals surface area contributed by atoms with E-state index < -0.39 is 0 Å². The predicted octanol–water partition coefficient (Wildman–Crippen LogP) is 2.17. The first kappa shape index (κ1) is 18.4. The minimum absolute atomic E-state index is 0.0990. The second kappa shape index (κ2) is 8.81. The monoisotopic (exact) mass is 378 g/mol. The molecule has 0 unspecified atom stereocenters. The summed E-state index contributed by atoms with van der Waals surface area (Å²) < 4.78 is 16.4. The molecular weight excluding hydrogens is 356 g/mol. The van der Waals surface area contributed by atoms with Gasteiger partial charge in [0.25, 0.3) is 5.19 Å². The lowest BCUT2D eigenvalue weighted by atomic mass is 10.2. The first-order valence-electron chi connectivity index (χ1n) is 8.55. The average Bonchev–Trinajstić information content (AvgIpc) is 3.08. The van der Waals surface area contributed by atoms with Gasteiger partial charge in [0, 0.05) is 11.8 Å². The van der Waals surface area contributed by atoms with E-state index in [0.717, 1.165) is 11.6 Å². The van der Waals surface area contributed by atoms with Crippen LogP contribution in [0, 0.1) is 0 Å². The van der Waals surface area contributed by atoms with E-state index >= 15 is 0 Å². The van der Waals surface area contributed by atoms with Crippen molar-refractivity contribution in [1.82, 2.24) is 15.1 Å². The van der Waals surface area contributed by atoms with Gasteiger partial charge in [-0.25, -0.2) is 0 Å². The molecule has 26 heavy (non-hydrogen) atoms. The van der Waals surface area contributed by atoms with E-state index in [2.05, 4.69) is 15.5 Å². The number of ether oxygens (including phenoxy) is 3. The predicted molar refractivity (Wildman–Crippen MR) is 98.1 cm³/mol. The molecule has 0 radical (unpaired) electrons. The fraction of sp³-hybridized carbons (Fsp3) is 0.471. The first-order valence-corrected chi connectivity index (χ1v) is 9.36. The standard InChI is InChI=1S/C17H22N4O4S/c1-3-21(11-16-19-20-17(26-16)23-4-2)10-15(22)18-12-5-6-13-14(9-12)25-8-7-24-13/h5-6,9H,3-4,7-8,10-11H2,1-2H3,(H,18,22). The molecule has 1 aliphatic heterocycles. The second-order valence-electron chi connectivity index (χ2n) is 5.60. The third kappa shape index (κ3) is 4.83. The molecule has 0 saturated heterocycles. The highest BCUT2D eigenvalue weighted by molar-refractivity contribution is 7.13. The zero-order valence-electron chi connectivity index (χ0n) is 14.9. The quantitative estimate of drug-likeness (QED) is 0.753. The van der Waals surface area contributed by atoms with Crippen LogP contribution in [-0.4, -0.2) is 53.9 Å². The minimum Gasteiger partial charge on any atom is -0.486 e. The Morgan fingerprint density at radius 1 is 1.27 bits per heavy atom. The van der Waals surface area contributed by atoms with Gasteiger partial charge in [-0.2, -0.15) is 0 Å². The van der Waals surface area contributed by atoms with Gasteiger partial charge in [0.1, 0.15) is 18.2 Å². The van der Waals surface area contributed by atoms with Crippen molar-refractivity contribution < 1.29 is 19.0 Å². The van der Waals surface area contributed by atoms with E-state index in [0.29, 0.717) is 48.7 Å². The summed E-state index contributed by atoms with van der Waals surface area (Å²) in [6.45, 7) is 7.05. The van der Waals surface area contributed by atoms with E-state index in [1.165, 1.54) is 11.3 Å². The zero-order valence-corrected chi connectivity index (χ0v) is 15.7. The number of nitrogens with one attached hydrogen (secondary N) is 1. The molecule has 0 saturated carbocycles. The van der Waals surface area contributed by atoms with Crippen molar-refractivity contribution in [2.24, 2.45) is 0 Å². The number of hydrogen-bond acceptors (Lipinski definition) is 8. The Balaban J connectivity index is 1.55. The van der Waals surface area contributed by atoms with Crippen LogP contribution in [0.2, 0.25) is 0 Å². The molecule has 0 spiro atoms. The summed E-state index contributed by atoms with van der Waals surface area (Å²) in [5.74, 6) is 1.25. The molecular formula is C17H22N4O4S. The number of anilines is 1. The van der Waals surface area contributed by atoms with Crippen LogP contribution in [0.4, 0.5) is 5.69 Å². The molecule has 2 heterocycles. The molecule has 1 N–H and O–H groups in total. The molecule has 8 nitrogen and oxygen atoms in total.